The fourth-order valence-electron chi connectivity index (χ4n) is 3.43. The standard InChI is InChI=1S/C21H24N4O2.2ClH/c1-15-19(8-5-10-22-15)24-21(26)16-6-4-7-18(12-16)27-14-17-13-25-11-3-2-9-20(25)23-17;;/h2-4,6-7,9,11-13,15,19,22H,5,8,10,14H2,1H3,(H,24,26);2*1H. The fraction of sp³-hybridized carbons (Fsp3) is 0.333. The van der Waals surface area contributed by atoms with Crippen LogP contribution in [0.2, 0.25) is 0 Å². The molecule has 0 aliphatic carbocycles. The molecule has 6 nitrogen and oxygen atoms in total. The first kappa shape index (κ1) is 23.0. The second-order valence-corrected chi connectivity index (χ2v) is 6.98. The van der Waals surface area contributed by atoms with Crippen molar-refractivity contribution in [1.82, 2.24) is 20.0 Å². The second kappa shape index (κ2) is 10.5. The third kappa shape index (κ3) is 5.63. The molecule has 1 aliphatic heterocycles. The van der Waals surface area contributed by atoms with Crippen molar-refractivity contribution < 1.29 is 9.53 Å². The lowest BCUT2D eigenvalue weighted by atomic mass is 9.99. The first-order chi connectivity index (χ1) is 13.2. The molecule has 8 heteroatoms. The Morgan fingerprint density at radius 3 is 2.93 bits per heavy atom. The van der Waals surface area contributed by atoms with E-state index in [0.29, 0.717) is 17.9 Å². The zero-order valence-corrected chi connectivity index (χ0v) is 17.8. The van der Waals surface area contributed by atoms with E-state index in [1.54, 1.807) is 6.07 Å². The number of aromatic nitrogens is 2. The molecule has 2 atom stereocenters. The van der Waals surface area contributed by atoms with Gasteiger partial charge in [0.2, 0.25) is 0 Å². The summed E-state index contributed by atoms with van der Waals surface area (Å²) in [5.41, 5.74) is 2.35. The van der Waals surface area contributed by atoms with Gasteiger partial charge in [0.05, 0.1) is 5.69 Å². The van der Waals surface area contributed by atoms with E-state index in [1.807, 2.05) is 53.2 Å². The molecule has 1 aliphatic rings. The van der Waals surface area contributed by atoms with Gasteiger partial charge in [0.15, 0.2) is 0 Å². The van der Waals surface area contributed by atoms with E-state index in [9.17, 15) is 4.79 Å². The number of imidazole rings is 1. The average Bonchev–Trinajstić information content (AvgIpc) is 3.11. The highest BCUT2D eigenvalue weighted by Crippen LogP contribution is 2.17. The Morgan fingerprint density at radius 1 is 1.28 bits per heavy atom. The van der Waals surface area contributed by atoms with Gasteiger partial charge in [-0.3, -0.25) is 4.79 Å². The topological polar surface area (TPSA) is 67.7 Å². The molecule has 1 aromatic carbocycles. The Hall–Kier alpha value is -2.28. The quantitative estimate of drug-likeness (QED) is 0.640. The first-order valence-electron chi connectivity index (χ1n) is 9.39. The molecule has 2 unspecified atom stereocenters. The average molecular weight is 437 g/mol. The molecular formula is C21H26Cl2N4O2. The molecular weight excluding hydrogens is 411 g/mol. The number of piperidine rings is 1. The summed E-state index contributed by atoms with van der Waals surface area (Å²) in [5.74, 6) is 0.600. The third-order valence-corrected chi connectivity index (χ3v) is 4.98. The molecule has 3 heterocycles. The number of halogens is 2. The maximum atomic E-state index is 12.6. The molecule has 29 heavy (non-hydrogen) atoms. The van der Waals surface area contributed by atoms with Crippen molar-refractivity contribution in [3.8, 4) is 5.75 Å². The van der Waals surface area contributed by atoms with Crippen LogP contribution in [0, 0.1) is 0 Å². The number of fused-ring (bicyclic) bond motifs is 1. The minimum absolute atomic E-state index is 0. The summed E-state index contributed by atoms with van der Waals surface area (Å²) in [5, 5.41) is 6.53. The number of nitrogens with zero attached hydrogens (tertiary/aromatic N) is 2. The highest BCUT2D eigenvalue weighted by atomic mass is 35.5. The van der Waals surface area contributed by atoms with E-state index in [-0.39, 0.29) is 42.8 Å². The van der Waals surface area contributed by atoms with Crippen LogP contribution < -0.4 is 15.4 Å². The van der Waals surface area contributed by atoms with E-state index < -0.39 is 0 Å². The largest absolute Gasteiger partial charge is 0.487 e. The van der Waals surface area contributed by atoms with Gasteiger partial charge in [0, 0.05) is 30.0 Å². The number of rotatable bonds is 5. The third-order valence-electron chi connectivity index (χ3n) is 4.98. The van der Waals surface area contributed by atoms with Crippen LogP contribution in [-0.2, 0) is 6.61 Å². The van der Waals surface area contributed by atoms with Crippen molar-refractivity contribution in [2.75, 3.05) is 6.54 Å². The van der Waals surface area contributed by atoms with Crippen molar-refractivity contribution in [2.24, 2.45) is 0 Å². The summed E-state index contributed by atoms with van der Waals surface area (Å²) < 4.78 is 7.82. The minimum Gasteiger partial charge on any atom is -0.487 e. The molecule has 1 fully saturated rings. The van der Waals surface area contributed by atoms with Gasteiger partial charge in [-0.1, -0.05) is 12.1 Å². The van der Waals surface area contributed by atoms with Crippen molar-refractivity contribution in [1.29, 1.82) is 0 Å². The number of hydrogen-bond donors (Lipinski definition) is 2. The van der Waals surface area contributed by atoms with Gasteiger partial charge < -0.3 is 19.8 Å². The first-order valence-corrected chi connectivity index (χ1v) is 9.39. The Bertz CT molecular complexity index is 914. The predicted molar refractivity (Wildman–Crippen MR) is 118 cm³/mol. The highest BCUT2D eigenvalue weighted by molar-refractivity contribution is 5.94. The molecule has 1 amide bonds. The molecule has 2 N–H and O–H groups in total. The SMILES string of the molecule is CC1NCCCC1NC(=O)c1cccc(OCc2cn3ccccc3n2)c1.Cl.Cl. The van der Waals surface area contributed by atoms with Crippen LogP contribution in [0.25, 0.3) is 5.65 Å². The maximum absolute atomic E-state index is 12.6. The molecule has 0 radical (unpaired) electrons. The van der Waals surface area contributed by atoms with Gasteiger partial charge in [-0.25, -0.2) is 4.98 Å². The normalized spacial score (nSPS) is 18.4. The number of carbonyl (C=O) groups excluding carboxylic acids is 1. The Kier molecular flexibility index (Phi) is 8.32. The van der Waals surface area contributed by atoms with Crippen LogP contribution in [0.15, 0.2) is 54.9 Å². The van der Waals surface area contributed by atoms with Crippen LogP contribution in [0.3, 0.4) is 0 Å². The van der Waals surface area contributed by atoms with E-state index in [2.05, 4.69) is 22.5 Å². The van der Waals surface area contributed by atoms with Crippen LogP contribution in [0.5, 0.6) is 5.75 Å². The summed E-state index contributed by atoms with van der Waals surface area (Å²) >= 11 is 0. The van der Waals surface area contributed by atoms with Gasteiger partial charge in [0.25, 0.3) is 5.91 Å². The van der Waals surface area contributed by atoms with Crippen molar-refractivity contribution in [3.63, 3.8) is 0 Å². The van der Waals surface area contributed by atoms with E-state index in [1.165, 1.54) is 0 Å². The molecule has 3 aromatic rings. The lowest BCUT2D eigenvalue weighted by Gasteiger charge is -2.30. The summed E-state index contributed by atoms with van der Waals surface area (Å²) in [4.78, 5) is 17.1. The lowest BCUT2D eigenvalue weighted by Crippen LogP contribution is -2.51. The van der Waals surface area contributed by atoms with Crippen LogP contribution in [-0.4, -0.2) is 33.9 Å². The van der Waals surface area contributed by atoms with E-state index in [0.717, 1.165) is 30.7 Å². The van der Waals surface area contributed by atoms with Crippen LogP contribution >= 0.6 is 24.8 Å². The number of hydrogen-bond acceptors (Lipinski definition) is 4. The number of ether oxygens (including phenoxy) is 1. The Morgan fingerprint density at radius 2 is 2.14 bits per heavy atom. The number of amides is 1. The van der Waals surface area contributed by atoms with Crippen LogP contribution in [0.1, 0.15) is 35.8 Å². The minimum atomic E-state index is -0.0614. The van der Waals surface area contributed by atoms with Crippen molar-refractivity contribution in [2.45, 2.75) is 38.5 Å². The molecule has 1 saturated heterocycles. The van der Waals surface area contributed by atoms with Gasteiger partial charge in [-0.05, 0) is 56.6 Å². The molecule has 156 valence electrons. The second-order valence-electron chi connectivity index (χ2n) is 6.98. The maximum Gasteiger partial charge on any atom is 0.251 e. The number of benzene rings is 1. The van der Waals surface area contributed by atoms with Gasteiger partial charge >= 0.3 is 0 Å². The fourth-order valence-corrected chi connectivity index (χ4v) is 3.43. The molecule has 2 aromatic heterocycles. The van der Waals surface area contributed by atoms with Gasteiger partial charge in [0.1, 0.15) is 18.0 Å². The van der Waals surface area contributed by atoms with Crippen molar-refractivity contribution in [3.05, 3.63) is 66.1 Å². The molecule has 0 spiro atoms. The highest BCUT2D eigenvalue weighted by Gasteiger charge is 2.22. The Balaban J connectivity index is 0.00000150. The molecule has 0 saturated carbocycles. The van der Waals surface area contributed by atoms with Crippen LogP contribution in [0.4, 0.5) is 0 Å². The van der Waals surface area contributed by atoms with E-state index in [4.69, 9.17) is 4.74 Å². The predicted octanol–water partition coefficient (Wildman–Crippen LogP) is 3.63. The zero-order chi connectivity index (χ0) is 18.6. The summed E-state index contributed by atoms with van der Waals surface area (Å²) in [6.07, 6.45) is 5.99. The Labute approximate surface area is 182 Å². The smallest absolute Gasteiger partial charge is 0.251 e. The number of carbonyl (C=O) groups is 1. The van der Waals surface area contributed by atoms with Gasteiger partial charge in [-0.15, -0.1) is 24.8 Å². The lowest BCUT2D eigenvalue weighted by molar-refractivity contribution is 0.0919. The van der Waals surface area contributed by atoms with Gasteiger partial charge in [-0.2, -0.15) is 0 Å². The summed E-state index contributed by atoms with van der Waals surface area (Å²) in [6.45, 7) is 3.48. The molecule has 4 rings (SSSR count). The summed E-state index contributed by atoms with van der Waals surface area (Å²) in [6, 6.07) is 13.6. The van der Waals surface area contributed by atoms with E-state index >= 15 is 0 Å². The zero-order valence-electron chi connectivity index (χ0n) is 16.2. The summed E-state index contributed by atoms with van der Waals surface area (Å²) in [7, 11) is 0. The number of pyridine rings is 1. The molecule has 0 bridgehead atoms. The van der Waals surface area contributed by atoms with Crippen molar-refractivity contribution >= 4 is 36.4 Å². The number of nitrogens with one attached hydrogen (secondary N) is 2. The monoisotopic (exact) mass is 436 g/mol.